The second-order valence-electron chi connectivity index (χ2n) is 5.52. The molecular formula is C17H16N4O3S. The molecule has 1 aromatic heterocycles. The van der Waals surface area contributed by atoms with E-state index in [1.54, 1.807) is 22.9 Å². The van der Waals surface area contributed by atoms with Crippen LogP contribution in [-0.4, -0.2) is 29.6 Å². The van der Waals surface area contributed by atoms with Crippen LogP contribution in [0.25, 0.3) is 16.9 Å². The van der Waals surface area contributed by atoms with Crippen LogP contribution in [0.3, 0.4) is 0 Å². The van der Waals surface area contributed by atoms with Gasteiger partial charge in [0.1, 0.15) is 0 Å². The first kappa shape index (κ1) is 16.9. The molecule has 0 fully saturated rings. The lowest BCUT2D eigenvalue weighted by molar-refractivity contribution is 0.321. The Morgan fingerprint density at radius 3 is 2.32 bits per heavy atom. The van der Waals surface area contributed by atoms with Crippen LogP contribution in [0.15, 0.2) is 64.6 Å². The highest BCUT2D eigenvalue weighted by atomic mass is 32.2. The van der Waals surface area contributed by atoms with Gasteiger partial charge < -0.3 is 5.21 Å². The van der Waals surface area contributed by atoms with Crippen molar-refractivity contribution >= 4 is 16.2 Å². The quantitative estimate of drug-likeness (QED) is 0.424. The third-order valence-corrected chi connectivity index (χ3v) is 4.61. The van der Waals surface area contributed by atoms with Gasteiger partial charge in [-0.3, -0.25) is 0 Å². The summed E-state index contributed by atoms with van der Waals surface area (Å²) in [6.07, 6.45) is 1.26. The van der Waals surface area contributed by atoms with E-state index in [1.165, 1.54) is 18.3 Å². The molecule has 8 heteroatoms. The number of aromatic nitrogens is 2. The number of benzene rings is 2. The van der Waals surface area contributed by atoms with E-state index in [-0.39, 0.29) is 4.90 Å². The van der Waals surface area contributed by atoms with Crippen molar-refractivity contribution in [3.8, 4) is 16.9 Å². The minimum absolute atomic E-state index is 0.0135. The number of hydrogen-bond donors (Lipinski definition) is 2. The minimum Gasteiger partial charge on any atom is -0.411 e. The van der Waals surface area contributed by atoms with Gasteiger partial charge in [0.2, 0.25) is 10.0 Å². The Bertz CT molecular complexity index is 1020. The summed E-state index contributed by atoms with van der Waals surface area (Å²) in [5.74, 6) is 0. The Balaban J connectivity index is 2.07. The molecule has 0 aliphatic carbocycles. The predicted octanol–water partition coefficient (Wildman–Crippen LogP) is 2.30. The highest BCUT2D eigenvalue weighted by molar-refractivity contribution is 7.89. The lowest BCUT2D eigenvalue weighted by Crippen LogP contribution is -2.12. The Morgan fingerprint density at radius 2 is 1.76 bits per heavy atom. The summed E-state index contributed by atoms with van der Waals surface area (Å²) in [5, 5.41) is 21.6. The van der Waals surface area contributed by atoms with Crippen LogP contribution in [-0.2, 0) is 10.0 Å². The van der Waals surface area contributed by atoms with Gasteiger partial charge in [0.25, 0.3) is 0 Å². The molecule has 7 nitrogen and oxygen atoms in total. The fraction of sp³-hybridized carbons (Fsp3) is 0.0588. The molecule has 1 heterocycles. The maximum atomic E-state index is 11.4. The molecule has 3 aromatic rings. The van der Waals surface area contributed by atoms with E-state index in [0.29, 0.717) is 17.1 Å². The van der Waals surface area contributed by atoms with E-state index in [9.17, 15) is 8.42 Å². The third-order valence-electron chi connectivity index (χ3n) is 3.68. The van der Waals surface area contributed by atoms with Crippen LogP contribution < -0.4 is 5.14 Å². The summed E-state index contributed by atoms with van der Waals surface area (Å²) < 4.78 is 24.3. The summed E-state index contributed by atoms with van der Waals surface area (Å²) in [6, 6.07) is 15.6. The summed E-state index contributed by atoms with van der Waals surface area (Å²) in [7, 11) is -3.76. The second kappa shape index (κ2) is 6.50. The maximum Gasteiger partial charge on any atom is 0.238 e. The van der Waals surface area contributed by atoms with Gasteiger partial charge in [-0.05, 0) is 37.3 Å². The molecular weight excluding hydrogens is 340 g/mol. The zero-order chi connectivity index (χ0) is 18.0. The van der Waals surface area contributed by atoms with Crippen LogP contribution in [0.4, 0.5) is 0 Å². The minimum atomic E-state index is -3.76. The number of primary sulfonamides is 1. The van der Waals surface area contributed by atoms with Crippen LogP contribution in [0.2, 0.25) is 0 Å². The molecule has 0 unspecified atom stereocenters. The van der Waals surface area contributed by atoms with Gasteiger partial charge in [0, 0.05) is 5.56 Å². The second-order valence-corrected chi connectivity index (χ2v) is 7.08. The first-order chi connectivity index (χ1) is 11.9. The molecule has 0 radical (unpaired) electrons. The van der Waals surface area contributed by atoms with Crippen LogP contribution in [0.5, 0.6) is 0 Å². The van der Waals surface area contributed by atoms with Crippen molar-refractivity contribution in [1.82, 2.24) is 9.78 Å². The largest absolute Gasteiger partial charge is 0.411 e. The molecule has 128 valence electrons. The lowest BCUT2D eigenvalue weighted by atomic mass is 10.1. The fourth-order valence-electron chi connectivity index (χ4n) is 2.40. The van der Waals surface area contributed by atoms with Gasteiger partial charge in [-0.25, -0.2) is 18.2 Å². The Hall–Kier alpha value is -2.97. The van der Waals surface area contributed by atoms with E-state index >= 15 is 0 Å². The van der Waals surface area contributed by atoms with Gasteiger partial charge in [-0.15, -0.1) is 0 Å². The molecule has 0 bridgehead atoms. The van der Waals surface area contributed by atoms with E-state index in [4.69, 9.17) is 10.3 Å². The molecule has 2 aromatic carbocycles. The molecule has 0 saturated carbocycles. The summed E-state index contributed by atoms with van der Waals surface area (Å²) in [4.78, 5) is 0.0135. The Kier molecular flexibility index (Phi) is 4.39. The fourth-order valence-corrected chi connectivity index (χ4v) is 2.91. The van der Waals surface area contributed by atoms with Crippen LogP contribution in [0, 0.1) is 6.92 Å². The normalized spacial score (nSPS) is 11.9. The van der Waals surface area contributed by atoms with E-state index in [0.717, 1.165) is 11.1 Å². The summed E-state index contributed by atoms with van der Waals surface area (Å²) >= 11 is 0. The molecule has 0 aliphatic rings. The van der Waals surface area contributed by atoms with Gasteiger partial charge in [0.05, 0.1) is 28.2 Å². The van der Waals surface area contributed by atoms with Gasteiger partial charge in [-0.1, -0.05) is 35.0 Å². The van der Waals surface area contributed by atoms with E-state index in [2.05, 4.69) is 10.3 Å². The molecule has 25 heavy (non-hydrogen) atoms. The molecule has 0 saturated heterocycles. The van der Waals surface area contributed by atoms with E-state index in [1.807, 2.05) is 31.2 Å². The number of nitrogens with two attached hydrogens (primary N) is 1. The van der Waals surface area contributed by atoms with Gasteiger partial charge in [0.15, 0.2) is 0 Å². The molecule has 0 amide bonds. The van der Waals surface area contributed by atoms with Gasteiger partial charge in [-0.2, -0.15) is 5.10 Å². The highest BCUT2D eigenvalue weighted by Gasteiger charge is 2.12. The first-order valence-corrected chi connectivity index (χ1v) is 8.91. The number of nitrogens with zero attached hydrogens (tertiary/aromatic N) is 3. The Labute approximate surface area is 145 Å². The van der Waals surface area contributed by atoms with Crippen LogP contribution in [0.1, 0.15) is 11.3 Å². The number of hydrogen-bond acceptors (Lipinski definition) is 5. The standard InChI is InChI=1S/C17H16N4O3S/c1-12-2-4-13(5-3-12)17-10-15(11-19-22)21(20-17)14-6-8-16(9-7-14)25(18,23)24/h2-11,22H,1H3,(H2,18,23,24)/b19-11+. The number of aryl methyl sites for hydroxylation is 1. The van der Waals surface area contributed by atoms with Crippen molar-refractivity contribution in [3.05, 3.63) is 65.9 Å². The smallest absolute Gasteiger partial charge is 0.238 e. The highest BCUT2D eigenvalue weighted by Crippen LogP contribution is 2.22. The monoisotopic (exact) mass is 356 g/mol. The SMILES string of the molecule is Cc1ccc(-c2cc(/C=N/O)n(-c3ccc(S(N)(=O)=O)cc3)n2)cc1. The number of oxime groups is 1. The van der Waals surface area contributed by atoms with Crippen molar-refractivity contribution in [2.75, 3.05) is 0 Å². The maximum absolute atomic E-state index is 11.4. The molecule has 3 N–H and O–H groups in total. The van der Waals surface area contributed by atoms with Crippen molar-refractivity contribution in [3.63, 3.8) is 0 Å². The molecule has 0 spiro atoms. The summed E-state index contributed by atoms with van der Waals surface area (Å²) in [5.41, 5.74) is 3.91. The third kappa shape index (κ3) is 3.59. The van der Waals surface area contributed by atoms with Crippen LogP contribution >= 0.6 is 0 Å². The van der Waals surface area contributed by atoms with Crippen molar-refractivity contribution in [2.24, 2.45) is 10.3 Å². The average molecular weight is 356 g/mol. The predicted molar refractivity (Wildman–Crippen MR) is 94.5 cm³/mol. The zero-order valence-corrected chi connectivity index (χ0v) is 14.2. The van der Waals surface area contributed by atoms with Crippen molar-refractivity contribution < 1.29 is 13.6 Å². The number of sulfonamides is 1. The lowest BCUT2D eigenvalue weighted by Gasteiger charge is -2.05. The Morgan fingerprint density at radius 1 is 1.12 bits per heavy atom. The first-order valence-electron chi connectivity index (χ1n) is 7.36. The summed E-state index contributed by atoms with van der Waals surface area (Å²) in [6.45, 7) is 2.00. The molecule has 0 atom stereocenters. The molecule has 3 rings (SSSR count). The number of rotatable bonds is 4. The van der Waals surface area contributed by atoms with Gasteiger partial charge >= 0.3 is 0 Å². The topological polar surface area (TPSA) is 111 Å². The average Bonchev–Trinajstić information content (AvgIpc) is 2.99. The molecule has 0 aliphatic heterocycles. The van der Waals surface area contributed by atoms with Crippen molar-refractivity contribution in [1.29, 1.82) is 0 Å². The van der Waals surface area contributed by atoms with Crippen molar-refractivity contribution in [2.45, 2.75) is 11.8 Å². The van der Waals surface area contributed by atoms with E-state index < -0.39 is 10.0 Å². The zero-order valence-electron chi connectivity index (χ0n) is 13.4.